The number of hydrogen-bond donors (Lipinski definition) is 0. The van der Waals surface area contributed by atoms with Crippen molar-refractivity contribution in [3.8, 4) is 16.9 Å². The van der Waals surface area contributed by atoms with Gasteiger partial charge in [0, 0.05) is 29.2 Å². The van der Waals surface area contributed by atoms with Gasteiger partial charge in [-0.15, -0.1) is 0 Å². The van der Waals surface area contributed by atoms with E-state index in [2.05, 4.69) is 31.0 Å². The Morgan fingerprint density at radius 1 is 1.04 bits per heavy atom. The first-order valence-corrected chi connectivity index (χ1v) is 8.77. The van der Waals surface area contributed by atoms with Gasteiger partial charge >= 0.3 is 0 Å². The average molecular weight is 364 g/mol. The molecule has 0 atom stereocenters. The Bertz CT molecular complexity index is 1200. The summed E-state index contributed by atoms with van der Waals surface area (Å²) in [6.45, 7) is 6.02. The van der Waals surface area contributed by atoms with Crippen LogP contribution in [0.1, 0.15) is 16.7 Å². The fraction of sp³-hybridized carbons (Fsp3) is 0.143. The second-order valence-corrected chi connectivity index (χ2v) is 6.94. The third kappa shape index (κ3) is 2.63. The van der Waals surface area contributed by atoms with Gasteiger partial charge in [-0.3, -0.25) is 9.36 Å². The minimum Gasteiger partial charge on any atom is -0.300 e. The van der Waals surface area contributed by atoms with Gasteiger partial charge in [0.25, 0.3) is 5.56 Å². The van der Waals surface area contributed by atoms with Crippen molar-refractivity contribution < 1.29 is 0 Å². The third-order valence-corrected chi connectivity index (χ3v) is 5.08. The third-order valence-electron chi connectivity index (χ3n) is 4.68. The molecule has 4 nitrogen and oxygen atoms in total. The van der Waals surface area contributed by atoms with Crippen LogP contribution in [0.15, 0.2) is 59.8 Å². The lowest BCUT2D eigenvalue weighted by Crippen LogP contribution is -2.20. The number of hydrogen-bond acceptors (Lipinski definition) is 2. The Kier molecular flexibility index (Phi) is 3.93. The van der Waals surface area contributed by atoms with Crippen LogP contribution in [-0.4, -0.2) is 14.0 Å². The van der Waals surface area contributed by atoms with Crippen LogP contribution >= 0.6 is 11.6 Å². The molecule has 0 fully saturated rings. The van der Waals surface area contributed by atoms with E-state index in [-0.39, 0.29) is 5.56 Å². The second-order valence-electron chi connectivity index (χ2n) is 6.53. The molecule has 2 aromatic carbocycles. The van der Waals surface area contributed by atoms with E-state index in [1.54, 1.807) is 15.2 Å². The van der Waals surface area contributed by atoms with Crippen molar-refractivity contribution in [2.75, 3.05) is 0 Å². The summed E-state index contributed by atoms with van der Waals surface area (Å²) >= 11 is 6.21. The van der Waals surface area contributed by atoms with Gasteiger partial charge in [0.1, 0.15) is 0 Å². The molecule has 130 valence electrons. The summed E-state index contributed by atoms with van der Waals surface area (Å²) in [5.41, 5.74) is 6.01. The molecule has 2 aromatic heterocycles. The van der Waals surface area contributed by atoms with Crippen LogP contribution in [0.4, 0.5) is 0 Å². The Morgan fingerprint density at radius 2 is 1.85 bits per heavy atom. The van der Waals surface area contributed by atoms with Gasteiger partial charge in [-0.2, -0.15) is 0 Å². The van der Waals surface area contributed by atoms with Crippen molar-refractivity contribution in [2.45, 2.75) is 20.8 Å². The van der Waals surface area contributed by atoms with E-state index in [0.29, 0.717) is 10.7 Å². The summed E-state index contributed by atoms with van der Waals surface area (Å²) < 4.78 is 3.36. The summed E-state index contributed by atoms with van der Waals surface area (Å²) in [5.74, 6) is 0. The normalized spacial score (nSPS) is 11.2. The summed E-state index contributed by atoms with van der Waals surface area (Å²) in [6.07, 6.45) is 5.49. The lowest BCUT2D eigenvalue weighted by molar-refractivity contribution is 0.941. The Labute approximate surface area is 156 Å². The smallest absolute Gasteiger partial charge is 0.298 e. The highest BCUT2D eigenvalue weighted by molar-refractivity contribution is 6.31. The van der Waals surface area contributed by atoms with Crippen LogP contribution in [0.25, 0.3) is 22.6 Å². The number of benzene rings is 2. The lowest BCUT2D eigenvalue weighted by atomic mass is 10.0. The standard InChI is InChI=1S/C21H18ClN3O/c1-13-7-8-16(14(2)11-13)18-12-24-9-10-25(21(26)20(24)23-18)19-6-4-5-17(22)15(19)3/h4-12H,1-3H3. The summed E-state index contributed by atoms with van der Waals surface area (Å²) in [7, 11) is 0. The van der Waals surface area contributed by atoms with Gasteiger partial charge in [-0.05, 0) is 44.0 Å². The van der Waals surface area contributed by atoms with Gasteiger partial charge in [0.05, 0.1) is 11.4 Å². The predicted octanol–water partition coefficient (Wildman–Crippen LogP) is 4.73. The van der Waals surface area contributed by atoms with Crippen LogP contribution in [0.5, 0.6) is 0 Å². The molecule has 4 rings (SSSR count). The van der Waals surface area contributed by atoms with Crippen molar-refractivity contribution >= 4 is 17.2 Å². The van der Waals surface area contributed by atoms with Crippen LogP contribution in [0, 0.1) is 20.8 Å². The molecular weight excluding hydrogens is 346 g/mol. The molecular formula is C21H18ClN3O. The first-order valence-electron chi connectivity index (χ1n) is 8.39. The van der Waals surface area contributed by atoms with Crippen molar-refractivity contribution in [1.82, 2.24) is 14.0 Å². The predicted molar refractivity (Wildman–Crippen MR) is 105 cm³/mol. The number of halogens is 1. The maximum absolute atomic E-state index is 13.0. The van der Waals surface area contributed by atoms with Crippen LogP contribution in [0.3, 0.4) is 0 Å². The first-order chi connectivity index (χ1) is 12.5. The number of aryl methyl sites for hydroxylation is 2. The highest BCUT2D eigenvalue weighted by atomic mass is 35.5. The topological polar surface area (TPSA) is 39.3 Å². The highest BCUT2D eigenvalue weighted by Gasteiger charge is 2.13. The second kappa shape index (κ2) is 6.15. The Balaban J connectivity index is 1.92. The minimum atomic E-state index is -0.172. The molecule has 2 heterocycles. The largest absolute Gasteiger partial charge is 0.300 e. The molecule has 0 bridgehead atoms. The highest BCUT2D eigenvalue weighted by Crippen LogP contribution is 2.24. The van der Waals surface area contributed by atoms with E-state index in [0.717, 1.165) is 28.1 Å². The SMILES string of the molecule is Cc1ccc(-c2cn3ccn(-c4cccc(Cl)c4C)c(=O)c3n2)c(C)c1. The van der Waals surface area contributed by atoms with Gasteiger partial charge in [0.15, 0.2) is 0 Å². The molecule has 0 aliphatic heterocycles. The molecule has 0 saturated heterocycles. The summed E-state index contributed by atoms with van der Waals surface area (Å²) in [6, 6.07) is 11.8. The zero-order valence-corrected chi connectivity index (χ0v) is 15.6. The number of fused-ring (bicyclic) bond motifs is 1. The van der Waals surface area contributed by atoms with Gasteiger partial charge in [0.2, 0.25) is 5.65 Å². The van der Waals surface area contributed by atoms with E-state index < -0.39 is 0 Å². The van der Waals surface area contributed by atoms with Crippen LogP contribution in [0.2, 0.25) is 5.02 Å². The molecule has 0 saturated carbocycles. The molecule has 5 heteroatoms. The molecule has 0 radical (unpaired) electrons. The van der Waals surface area contributed by atoms with E-state index in [1.807, 2.05) is 43.6 Å². The monoisotopic (exact) mass is 363 g/mol. The molecule has 4 aromatic rings. The van der Waals surface area contributed by atoms with Crippen LogP contribution in [-0.2, 0) is 0 Å². The minimum absolute atomic E-state index is 0.172. The molecule has 26 heavy (non-hydrogen) atoms. The molecule has 0 unspecified atom stereocenters. The number of nitrogens with zero attached hydrogens (tertiary/aromatic N) is 3. The van der Waals surface area contributed by atoms with Gasteiger partial charge < -0.3 is 4.40 Å². The summed E-state index contributed by atoms with van der Waals surface area (Å²) in [5, 5.41) is 0.633. The summed E-state index contributed by atoms with van der Waals surface area (Å²) in [4.78, 5) is 17.6. The van der Waals surface area contributed by atoms with Crippen molar-refractivity contribution in [3.63, 3.8) is 0 Å². The first kappa shape index (κ1) is 16.6. The zero-order chi connectivity index (χ0) is 18.4. The van der Waals surface area contributed by atoms with E-state index >= 15 is 0 Å². The molecule has 0 aliphatic carbocycles. The Morgan fingerprint density at radius 3 is 2.62 bits per heavy atom. The molecule has 0 N–H and O–H groups in total. The maximum Gasteiger partial charge on any atom is 0.298 e. The van der Waals surface area contributed by atoms with Gasteiger partial charge in [-0.25, -0.2) is 4.98 Å². The fourth-order valence-corrected chi connectivity index (χ4v) is 3.43. The van der Waals surface area contributed by atoms with E-state index in [9.17, 15) is 4.79 Å². The van der Waals surface area contributed by atoms with E-state index in [4.69, 9.17) is 11.6 Å². The Hall–Kier alpha value is -2.85. The van der Waals surface area contributed by atoms with E-state index in [1.165, 1.54) is 5.56 Å². The molecule has 0 aliphatic rings. The van der Waals surface area contributed by atoms with Crippen molar-refractivity contribution in [1.29, 1.82) is 0 Å². The van der Waals surface area contributed by atoms with Gasteiger partial charge in [-0.1, -0.05) is 41.4 Å². The number of imidazole rings is 1. The average Bonchev–Trinajstić information content (AvgIpc) is 3.03. The van der Waals surface area contributed by atoms with Crippen molar-refractivity contribution in [2.24, 2.45) is 0 Å². The molecule has 0 spiro atoms. The van der Waals surface area contributed by atoms with Crippen LogP contribution < -0.4 is 5.56 Å². The fourth-order valence-electron chi connectivity index (χ4n) is 3.26. The quantitative estimate of drug-likeness (QED) is 0.516. The molecule has 0 amide bonds. The lowest BCUT2D eigenvalue weighted by Gasteiger charge is -2.10. The maximum atomic E-state index is 13.0. The zero-order valence-electron chi connectivity index (χ0n) is 14.8. The number of rotatable bonds is 2. The van der Waals surface area contributed by atoms with Crippen molar-refractivity contribution in [3.05, 3.63) is 87.1 Å². The number of aromatic nitrogens is 3.